The number of pyridine rings is 1. The quantitative estimate of drug-likeness (QED) is 0.894. The number of likely N-dealkylation sites (tertiary alicyclic amines) is 2. The molecule has 6 heteroatoms. The molecule has 1 N–H and O–H groups in total. The molecule has 0 saturated carbocycles. The van der Waals surface area contributed by atoms with E-state index in [0.717, 1.165) is 13.0 Å². The van der Waals surface area contributed by atoms with Gasteiger partial charge in [0.05, 0.1) is 6.04 Å². The second kappa shape index (κ2) is 5.92. The van der Waals surface area contributed by atoms with E-state index in [0.29, 0.717) is 18.8 Å². The Bertz CT molecular complexity index is 596. The van der Waals surface area contributed by atoms with Crippen molar-refractivity contribution in [1.29, 1.82) is 0 Å². The van der Waals surface area contributed by atoms with Crippen molar-refractivity contribution in [2.24, 2.45) is 5.41 Å². The van der Waals surface area contributed by atoms with Gasteiger partial charge in [0.1, 0.15) is 5.69 Å². The third-order valence-electron chi connectivity index (χ3n) is 4.70. The molecule has 1 atom stereocenters. The van der Waals surface area contributed by atoms with E-state index in [1.165, 1.54) is 0 Å². The summed E-state index contributed by atoms with van der Waals surface area (Å²) < 4.78 is 0. The van der Waals surface area contributed by atoms with E-state index < -0.39 is 0 Å². The summed E-state index contributed by atoms with van der Waals surface area (Å²) in [7, 11) is 1.99. The predicted octanol–water partition coefficient (Wildman–Crippen LogP) is 0.752. The summed E-state index contributed by atoms with van der Waals surface area (Å²) >= 11 is 0. The van der Waals surface area contributed by atoms with E-state index in [1.54, 1.807) is 18.3 Å². The van der Waals surface area contributed by atoms with Gasteiger partial charge in [0, 0.05) is 37.3 Å². The Labute approximate surface area is 136 Å². The van der Waals surface area contributed by atoms with Crippen LogP contribution in [0, 0.1) is 5.41 Å². The molecule has 0 radical (unpaired) electrons. The molecule has 0 aromatic carbocycles. The van der Waals surface area contributed by atoms with E-state index in [1.807, 2.05) is 31.9 Å². The molecule has 1 unspecified atom stereocenters. The number of nitrogens with one attached hydrogen (secondary N) is 1. The van der Waals surface area contributed by atoms with Crippen LogP contribution in [-0.4, -0.2) is 65.4 Å². The number of hydrogen-bond donors (Lipinski definition) is 1. The summed E-state index contributed by atoms with van der Waals surface area (Å²) in [5.41, 5.74) is 0.542. The van der Waals surface area contributed by atoms with Crippen LogP contribution >= 0.6 is 0 Å². The first kappa shape index (κ1) is 15.9. The van der Waals surface area contributed by atoms with Crippen molar-refractivity contribution in [3.05, 3.63) is 30.1 Å². The second-order valence-corrected chi connectivity index (χ2v) is 7.17. The van der Waals surface area contributed by atoms with E-state index in [2.05, 4.69) is 15.2 Å². The van der Waals surface area contributed by atoms with E-state index >= 15 is 0 Å². The van der Waals surface area contributed by atoms with Gasteiger partial charge in [-0.3, -0.25) is 19.5 Å². The molecule has 6 nitrogen and oxygen atoms in total. The first-order chi connectivity index (χ1) is 10.9. The Morgan fingerprint density at radius 1 is 1.30 bits per heavy atom. The third kappa shape index (κ3) is 3.08. The first-order valence-electron chi connectivity index (χ1n) is 8.11. The van der Waals surface area contributed by atoms with Gasteiger partial charge in [-0.05, 0) is 39.4 Å². The molecule has 2 aliphatic heterocycles. The minimum atomic E-state index is -0.0931. The van der Waals surface area contributed by atoms with Crippen LogP contribution in [0.15, 0.2) is 24.4 Å². The van der Waals surface area contributed by atoms with Crippen molar-refractivity contribution < 1.29 is 9.59 Å². The van der Waals surface area contributed by atoms with Gasteiger partial charge >= 0.3 is 0 Å². The third-order valence-corrected chi connectivity index (χ3v) is 4.70. The Morgan fingerprint density at radius 2 is 2.04 bits per heavy atom. The smallest absolute Gasteiger partial charge is 0.272 e. The van der Waals surface area contributed by atoms with Crippen molar-refractivity contribution in [1.82, 2.24) is 20.1 Å². The van der Waals surface area contributed by atoms with Crippen LogP contribution in [0.25, 0.3) is 0 Å². The maximum atomic E-state index is 12.4. The molecule has 2 fully saturated rings. The van der Waals surface area contributed by atoms with E-state index in [4.69, 9.17) is 0 Å². The summed E-state index contributed by atoms with van der Waals surface area (Å²) in [6, 6.07) is 5.43. The van der Waals surface area contributed by atoms with Gasteiger partial charge in [0.2, 0.25) is 5.91 Å². The fourth-order valence-electron chi connectivity index (χ4n) is 3.73. The molecule has 2 aliphatic rings. The van der Waals surface area contributed by atoms with Crippen LogP contribution < -0.4 is 5.32 Å². The van der Waals surface area contributed by atoms with Gasteiger partial charge in [-0.25, -0.2) is 0 Å². The van der Waals surface area contributed by atoms with Crippen LogP contribution in [0.2, 0.25) is 0 Å². The number of amides is 2. The summed E-state index contributed by atoms with van der Waals surface area (Å²) in [6.45, 7) is 6.21. The van der Waals surface area contributed by atoms with Gasteiger partial charge in [-0.1, -0.05) is 6.07 Å². The average molecular weight is 316 g/mol. The molecule has 0 aliphatic carbocycles. The number of aromatic nitrogens is 1. The maximum absolute atomic E-state index is 12.4. The highest BCUT2D eigenvalue weighted by Crippen LogP contribution is 2.42. The molecule has 2 saturated heterocycles. The molecule has 2 amide bonds. The Morgan fingerprint density at radius 3 is 2.65 bits per heavy atom. The number of hydrogen-bond acceptors (Lipinski definition) is 4. The Balaban J connectivity index is 1.60. The maximum Gasteiger partial charge on any atom is 0.272 e. The standard InChI is InChI=1S/C17H24N4O2/c1-12(2)19-15(22)14-8-17(9-20(14)3)10-21(11-17)16(23)13-6-4-5-7-18-13/h4-7,12,14H,8-11H2,1-3H3,(H,19,22). The highest BCUT2D eigenvalue weighted by Gasteiger charge is 2.53. The topological polar surface area (TPSA) is 65.5 Å². The van der Waals surface area contributed by atoms with Crippen LogP contribution in [-0.2, 0) is 4.79 Å². The van der Waals surface area contributed by atoms with Gasteiger partial charge in [-0.15, -0.1) is 0 Å². The number of carbonyl (C=O) groups is 2. The van der Waals surface area contributed by atoms with Crippen molar-refractivity contribution in [2.75, 3.05) is 26.7 Å². The lowest BCUT2D eigenvalue weighted by atomic mass is 9.77. The lowest BCUT2D eigenvalue weighted by molar-refractivity contribution is -0.125. The number of nitrogens with zero attached hydrogens (tertiary/aromatic N) is 3. The molecule has 23 heavy (non-hydrogen) atoms. The van der Waals surface area contributed by atoms with Crippen molar-refractivity contribution in [3.63, 3.8) is 0 Å². The minimum absolute atomic E-state index is 0.0195. The van der Waals surface area contributed by atoms with Gasteiger partial charge in [0.25, 0.3) is 5.91 Å². The number of carbonyl (C=O) groups excluding carboxylic acids is 2. The fraction of sp³-hybridized carbons (Fsp3) is 0.588. The number of rotatable bonds is 3. The van der Waals surface area contributed by atoms with Crippen molar-refractivity contribution >= 4 is 11.8 Å². The van der Waals surface area contributed by atoms with Crippen LogP contribution in [0.4, 0.5) is 0 Å². The van der Waals surface area contributed by atoms with E-state index in [9.17, 15) is 9.59 Å². The highest BCUT2D eigenvalue weighted by atomic mass is 16.2. The average Bonchev–Trinajstić information content (AvgIpc) is 2.83. The molecule has 1 spiro atoms. The summed E-state index contributed by atoms with van der Waals surface area (Å²) in [6.07, 6.45) is 2.45. The molecule has 3 rings (SSSR count). The molecule has 3 heterocycles. The van der Waals surface area contributed by atoms with E-state index in [-0.39, 0.29) is 29.3 Å². The second-order valence-electron chi connectivity index (χ2n) is 7.17. The predicted molar refractivity (Wildman–Crippen MR) is 86.9 cm³/mol. The normalized spacial score (nSPS) is 23.1. The Hall–Kier alpha value is -1.95. The zero-order valence-electron chi connectivity index (χ0n) is 14.0. The van der Waals surface area contributed by atoms with Crippen molar-refractivity contribution in [3.8, 4) is 0 Å². The molecule has 1 aromatic heterocycles. The van der Waals surface area contributed by atoms with Crippen molar-refractivity contribution in [2.45, 2.75) is 32.4 Å². The SMILES string of the molecule is CC(C)NC(=O)C1CC2(CN(C(=O)c3ccccn3)C2)CN1C. The highest BCUT2D eigenvalue weighted by molar-refractivity contribution is 5.93. The van der Waals surface area contributed by atoms with Gasteiger partial charge in [-0.2, -0.15) is 0 Å². The minimum Gasteiger partial charge on any atom is -0.353 e. The zero-order chi connectivity index (χ0) is 16.6. The molecular weight excluding hydrogens is 292 g/mol. The lowest BCUT2D eigenvalue weighted by Gasteiger charge is -2.47. The summed E-state index contributed by atoms with van der Waals surface area (Å²) in [5.74, 6) is 0.0721. The van der Waals surface area contributed by atoms with Gasteiger partial charge in [0.15, 0.2) is 0 Å². The largest absolute Gasteiger partial charge is 0.353 e. The first-order valence-corrected chi connectivity index (χ1v) is 8.11. The fourth-order valence-corrected chi connectivity index (χ4v) is 3.73. The molecule has 124 valence electrons. The molecule has 1 aromatic rings. The van der Waals surface area contributed by atoms with Crippen LogP contribution in [0.1, 0.15) is 30.8 Å². The molecule has 0 bridgehead atoms. The lowest BCUT2D eigenvalue weighted by Crippen LogP contribution is -2.59. The Kier molecular flexibility index (Phi) is 4.10. The monoisotopic (exact) mass is 316 g/mol. The summed E-state index contributed by atoms with van der Waals surface area (Å²) in [4.78, 5) is 32.7. The number of likely N-dealkylation sites (N-methyl/N-ethyl adjacent to an activating group) is 1. The molecular formula is C17H24N4O2. The van der Waals surface area contributed by atoms with Gasteiger partial charge < -0.3 is 10.2 Å². The van der Waals surface area contributed by atoms with Crippen LogP contribution in [0.3, 0.4) is 0 Å². The zero-order valence-corrected chi connectivity index (χ0v) is 14.0. The van der Waals surface area contributed by atoms with Crippen LogP contribution in [0.5, 0.6) is 0 Å². The summed E-state index contributed by atoms with van der Waals surface area (Å²) in [5, 5.41) is 2.99.